The van der Waals surface area contributed by atoms with Crippen LogP contribution in [0.25, 0.3) is 11.0 Å². The van der Waals surface area contributed by atoms with Crippen LogP contribution in [0.5, 0.6) is 0 Å². The standard InChI is InChI=1S/C20H20ClN3O3S/c21-15-9-7-14(8-10-15)13-28(25,26)20-19(22-12-16-4-3-11-27-16)23-17-5-1-2-6-18(17)24-20/h1-2,5-10,16H,3-4,11-13H2,(H,22,23)/t16-/m0/s1. The average molecular weight is 418 g/mol. The van der Waals surface area contributed by atoms with Gasteiger partial charge in [0.2, 0.25) is 9.84 Å². The largest absolute Gasteiger partial charge is 0.376 e. The van der Waals surface area contributed by atoms with Gasteiger partial charge in [-0.1, -0.05) is 35.9 Å². The molecule has 1 aromatic heterocycles. The number of aromatic nitrogens is 2. The molecule has 1 aliphatic heterocycles. The average Bonchev–Trinajstić information content (AvgIpc) is 3.21. The number of rotatable bonds is 6. The first-order valence-electron chi connectivity index (χ1n) is 9.11. The summed E-state index contributed by atoms with van der Waals surface area (Å²) in [4.78, 5) is 8.95. The molecule has 4 rings (SSSR count). The van der Waals surface area contributed by atoms with Crippen molar-refractivity contribution in [3.05, 3.63) is 59.1 Å². The fourth-order valence-electron chi connectivity index (χ4n) is 3.20. The summed E-state index contributed by atoms with van der Waals surface area (Å²) in [5.74, 6) is 0.0920. The van der Waals surface area contributed by atoms with Gasteiger partial charge in [-0.25, -0.2) is 18.4 Å². The van der Waals surface area contributed by atoms with Crippen LogP contribution < -0.4 is 5.32 Å². The summed E-state index contributed by atoms with van der Waals surface area (Å²) in [6.07, 6.45) is 2.01. The van der Waals surface area contributed by atoms with Crippen LogP contribution in [-0.2, 0) is 20.3 Å². The number of nitrogens with one attached hydrogen (secondary N) is 1. The number of para-hydroxylation sites is 2. The second-order valence-electron chi connectivity index (χ2n) is 6.77. The van der Waals surface area contributed by atoms with Gasteiger partial charge < -0.3 is 10.1 Å². The topological polar surface area (TPSA) is 81.2 Å². The second kappa shape index (κ2) is 8.03. The van der Waals surface area contributed by atoms with Crippen molar-refractivity contribution < 1.29 is 13.2 Å². The highest BCUT2D eigenvalue weighted by atomic mass is 35.5. The molecule has 8 heteroatoms. The van der Waals surface area contributed by atoms with Gasteiger partial charge in [-0.05, 0) is 42.7 Å². The molecule has 1 N–H and O–H groups in total. The van der Waals surface area contributed by atoms with Gasteiger partial charge in [-0.15, -0.1) is 0 Å². The van der Waals surface area contributed by atoms with Crippen LogP contribution in [0.15, 0.2) is 53.6 Å². The molecule has 146 valence electrons. The van der Waals surface area contributed by atoms with Gasteiger partial charge in [-0.2, -0.15) is 0 Å². The van der Waals surface area contributed by atoms with Gasteiger partial charge in [0.15, 0.2) is 10.8 Å². The van der Waals surface area contributed by atoms with Crippen molar-refractivity contribution in [3.8, 4) is 0 Å². The first-order chi connectivity index (χ1) is 13.5. The Balaban J connectivity index is 1.69. The molecular formula is C20H20ClN3O3S. The predicted octanol–water partition coefficient (Wildman–Crippen LogP) is 3.85. The molecule has 0 bridgehead atoms. The Morgan fingerprint density at radius 3 is 2.46 bits per heavy atom. The van der Waals surface area contributed by atoms with Crippen LogP contribution in [0, 0.1) is 0 Å². The number of ether oxygens (including phenoxy) is 1. The van der Waals surface area contributed by atoms with Crippen LogP contribution in [0.3, 0.4) is 0 Å². The molecular weight excluding hydrogens is 398 g/mol. The van der Waals surface area contributed by atoms with E-state index in [0.717, 1.165) is 19.4 Å². The summed E-state index contributed by atoms with van der Waals surface area (Å²) in [6.45, 7) is 1.23. The monoisotopic (exact) mass is 417 g/mol. The van der Waals surface area contributed by atoms with Crippen molar-refractivity contribution in [3.63, 3.8) is 0 Å². The highest BCUT2D eigenvalue weighted by Crippen LogP contribution is 2.25. The van der Waals surface area contributed by atoms with E-state index in [4.69, 9.17) is 16.3 Å². The van der Waals surface area contributed by atoms with Crippen LogP contribution >= 0.6 is 11.6 Å². The molecule has 2 aromatic carbocycles. The molecule has 0 aliphatic carbocycles. The fourth-order valence-corrected chi connectivity index (χ4v) is 4.74. The molecule has 28 heavy (non-hydrogen) atoms. The van der Waals surface area contributed by atoms with E-state index >= 15 is 0 Å². The summed E-state index contributed by atoms with van der Waals surface area (Å²) in [5, 5.41) is 3.67. The molecule has 1 aliphatic rings. The van der Waals surface area contributed by atoms with E-state index in [1.165, 1.54) is 0 Å². The van der Waals surface area contributed by atoms with Crippen molar-refractivity contribution in [1.29, 1.82) is 0 Å². The van der Waals surface area contributed by atoms with Crippen molar-refractivity contribution in [1.82, 2.24) is 9.97 Å². The van der Waals surface area contributed by atoms with Crippen molar-refractivity contribution >= 4 is 38.3 Å². The first-order valence-corrected chi connectivity index (χ1v) is 11.1. The molecule has 0 spiro atoms. The normalized spacial score (nSPS) is 17.1. The predicted molar refractivity (Wildman–Crippen MR) is 109 cm³/mol. The Morgan fingerprint density at radius 1 is 1.07 bits per heavy atom. The number of nitrogens with zero attached hydrogens (tertiary/aromatic N) is 2. The van der Waals surface area contributed by atoms with Crippen LogP contribution in [0.2, 0.25) is 5.02 Å². The molecule has 0 saturated carbocycles. The zero-order valence-corrected chi connectivity index (χ0v) is 16.7. The summed E-state index contributed by atoms with van der Waals surface area (Å²) >= 11 is 5.90. The summed E-state index contributed by atoms with van der Waals surface area (Å²) in [5.41, 5.74) is 1.83. The first kappa shape index (κ1) is 19.1. The zero-order chi connectivity index (χ0) is 19.6. The van der Waals surface area contributed by atoms with E-state index < -0.39 is 9.84 Å². The number of anilines is 1. The van der Waals surface area contributed by atoms with Gasteiger partial charge in [0.05, 0.1) is 22.9 Å². The Kier molecular flexibility index (Phi) is 5.48. The molecule has 3 aromatic rings. The van der Waals surface area contributed by atoms with E-state index in [1.807, 2.05) is 18.2 Å². The van der Waals surface area contributed by atoms with Gasteiger partial charge in [0.1, 0.15) is 0 Å². The molecule has 0 amide bonds. The third-order valence-corrected chi connectivity index (χ3v) is 6.46. The maximum Gasteiger partial charge on any atom is 0.203 e. The molecule has 1 atom stereocenters. The lowest BCUT2D eigenvalue weighted by molar-refractivity contribution is 0.120. The number of hydrogen-bond donors (Lipinski definition) is 1. The zero-order valence-electron chi connectivity index (χ0n) is 15.1. The second-order valence-corrected chi connectivity index (χ2v) is 9.11. The lowest BCUT2D eigenvalue weighted by Crippen LogP contribution is -2.21. The smallest absolute Gasteiger partial charge is 0.203 e. The molecule has 1 fully saturated rings. The Bertz CT molecular complexity index is 1080. The van der Waals surface area contributed by atoms with Crippen molar-refractivity contribution in [2.45, 2.75) is 29.7 Å². The van der Waals surface area contributed by atoms with Gasteiger partial charge in [0, 0.05) is 18.2 Å². The van der Waals surface area contributed by atoms with Crippen LogP contribution in [-0.4, -0.2) is 37.6 Å². The molecule has 1 saturated heterocycles. The number of halogens is 1. The summed E-state index contributed by atoms with van der Waals surface area (Å²) < 4.78 is 31.9. The van der Waals surface area contributed by atoms with Crippen molar-refractivity contribution in [2.24, 2.45) is 0 Å². The number of benzene rings is 2. The van der Waals surface area contributed by atoms with Gasteiger partial charge in [0.25, 0.3) is 0 Å². The quantitative estimate of drug-likeness (QED) is 0.656. The van der Waals surface area contributed by atoms with Crippen molar-refractivity contribution in [2.75, 3.05) is 18.5 Å². The lowest BCUT2D eigenvalue weighted by Gasteiger charge is -2.15. The molecule has 2 heterocycles. The van der Waals surface area contributed by atoms with E-state index in [9.17, 15) is 8.42 Å². The third-order valence-electron chi connectivity index (χ3n) is 4.62. The number of hydrogen-bond acceptors (Lipinski definition) is 6. The van der Waals surface area contributed by atoms with E-state index in [2.05, 4.69) is 15.3 Å². The number of fused-ring (bicyclic) bond motifs is 1. The molecule has 6 nitrogen and oxygen atoms in total. The summed E-state index contributed by atoms with van der Waals surface area (Å²) in [7, 11) is -3.71. The summed E-state index contributed by atoms with van der Waals surface area (Å²) in [6, 6.07) is 14.0. The maximum atomic E-state index is 13.1. The molecule has 0 unspecified atom stereocenters. The SMILES string of the molecule is O=S(=O)(Cc1ccc(Cl)cc1)c1nc2ccccc2nc1NC[C@@H]1CCCO1. The van der Waals surface area contributed by atoms with E-state index in [0.29, 0.717) is 28.2 Å². The lowest BCUT2D eigenvalue weighted by atomic mass is 10.2. The van der Waals surface area contributed by atoms with Crippen LogP contribution in [0.1, 0.15) is 18.4 Å². The van der Waals surface area contributed by atoms with Gasteiger partial charge in [-0.3, -0.25) is 0 Å². The van der Waals surface area contributed by atoms with E-state index in [1.54, 1.807) is 30.3 Å². The highest BCUT2D eigenvalue weighted by molar-refractivity contribution is 7.90. The Morgan fingerprint density at radius 2 is 1.79 bits per heavy atom. The Hall–Kier alpha value is -2.22. The Labute approximate surface area is 168 Å². The maximum absolute atomic E-state index is 13.1. The highest BCUT2D eigenvalue weighted by Gasteiger charge is 2.25. The van der Waals surface area contributed by atoms with Crippen LogP contribution in [0.4, 0.5) is 5.82 Å². The number of sulfone groups is 1. The van der Waals surface area contributed by atoms with E-state index in [-0.39, 0.29) is 22.7 Å². The minimum atomic E-state index is -3.71. The minimum Gasteiger partial charge on any atom is -0.376 e. The minimum absolute atomic E-state index is 0.0425. The fraction of sp³-hybridized carbons (Fsp3) is 0.300. The molecule has 0 radical (unpaired) electrons. The van der Waals surface area contributed by atoms with Gasteiger partial charge >= 0.3 is 0 Å². The third kappa shape index (κ3) is 4.27.